The lowest BCUT2D eigenvalue weighted by Gasteiger charge is -2.27. The summed E-state index contributed by atoms with van der Waals surface area (Å²) in [6, 6.07) is -1.81. The van der Waals surface area contributed by atoms with Crippen LogP contribution in [0.4, 0.5) is 4.79 Å². The quantitative estimate of drug-likeness (QED) is 0.474. The molecule has 140 valence electrons. The van der Waals surface area contributed by atoms with Gasteiger partial charge < -0.3 is 26.0 Å². The molecule has 0 aliphatic heterocycles. The van der Waals surface area contributed by atoms with Crippen LogP contribution >= 0.6 is 0 Å². The Morgan fingerprint density at radius 2 is 1.62 bits per heavy atom. The molecule has 0 rings (SSSR count). The Balaban J connectivity index is 4.99. The van der Waals surface area contributed by atoms with Crippen LogP contribution in [-0.4, -0.2) is 66.7 Å². The summed E-state index contributed by atoms with van der Waals surface area (Å²) >= 11 is 0. The highest BCUT2D eigenvalue weighted by Crippen LogP contribution is 2.07. The first-order chi connectivity index (χ1) is 11.1. The van der Waals surface area contributed by atoms with Crippen LogP contribution in [-0.2, 0) is 9.59 Å². The van der Waals surface area contributed by atoms with Crippen molar-refractivity contribution in [2.24, 2.45) is 5.92 Å². The molecule has 0 heterocycles. The molecule has 0 spiro atoms. The molecule has 8 heteroatoms. The maximum atomic E-state index is 12.5. The van der Waals surface area contributed by atoms with Crippen molar-refractivity contribution in [3.8, 4) is 0 Å². The van der Waals surface area contributed by atoms with Gasteiger partial charge in [-0.25, -0.2) is 4.79 Å². The monoisotopic (exact) mass is 344 g/mol. The minimum Gasteiger partial charge on any atom is -0.381 e. The van der Waals surface area contributed by atoms with Crippen LogP contribution in [0.2, 0.25) is 0 Å². The number of urea groups is 1. The highest BCUT2D eigenvalue weighted by molar-refractivity contribution is 5.88. The van der Waals surface area contributed by atoms with E-state index in [0.29, 0.717) is 19.4 Å². The lowest BCUT2D eigenvalue weighted by atomic mass is 10.0. The van der Waals surface area contributed by atoms with Crippen molar-refractivity contribution in [1.82, 2.24) is 20.9 Å². The molecule has 0 saturated heterocycles. The Hall–Kier alpha value is -1.83. The van der Waals surface area contributed by atoms with Crippen LogP contribution < -0.4 is 16.0 Å². The summed E-state index contributed by atoms with van der Waals surface area (Å²) < 4.78 is 0. The maximum absolute atomic E-state index is 12.5. The molecular weight excluding hydrogens is 312 g/mol. The number of hydrogen-bond acceptors (Lipinski definition) is 4. The number of rotatable bonds is 9. The van der Waals surface area contributed by atoms with Crippen LogP contribution in [0.5, 0.6) is 0 Å². The lowest BCUT2D eigenvalue weighted by Crippen LogP contribution is -2.56. The standard InChI is InChI=1S/C16H32N4O4/c1-7-11(13(21)15(23)17-8-2)18-14(22)12(9-10(3)4)19-16(24)20(5)6/h10-13,21H,7-9H2,1-6H3,(H,17,23)(H,18,22)(H,19,24)/t11-,12-,13?/m0/s1. The molecule has 0 bridgehead atoms. The number of hydrogen-bond donors (Lipinski definition) is 4. The molecule has 1 unspecified atom stereocenters. The van der Waals surface area contributed by atoms with Crippen molar-refractivity contribution in [3.05, 3.63) is 0 Å². The SMILES string of the molecule is CCNC(=O)C(O)[C@H](CC)NC(=O)[C@H](CC(C)C)NC(=O)N(C)C. The summed E-state index contributed by atoms with van der Waals surface area (Å²) in [6.45, 7) is 7.81. The average Bonchev–Trinajstić information content (AvgIpc) is 2.50. The molecule has 0 aromatic carbocycles. The third kappa shape index (κ3) is 7.63. The molecule has 8 nitrogen and oxygen atoms in total. The van der Waals surface area contributed by atoms with E-state index in [4.69, 9.17) is 0 Å². The maximum Gasteiger partial charge on any atom is 0.317 e. The van der Waals surface area contributed by atoms with Gasteiger partial charge in [0.1, 0.15) is 6.04 Å². The minimum absolute atomic E-state index is 0.191. The molecule has 0 aliphatic rings. The highest BCUT2D eigenvalue weighted by Gasteiger charge is 2.29. The normalized spacial score (nSPS) is 14.5. The molecule has 0 fully saturated rings. The Morgan fingerprint density at radius 3 is 2.04 bits per heavy atom. The number of carbonyl (C=O) groups is 3. The van der Waals surface area contributed by atoms with Gasteiger partial charge in [0.15, 0.2) is 6.10 Å². The predicted molar refractivity (Wildman–Crippen MR) is 92.4 cm³/mol. The highest BCUT2D eigenvalue weighted by atomic mass is 16.3. The summed E-state index contributed by atoms with van der Waals surface area (Å²) in [4.78, 5) is 37.4. The van der Waals surface area contributed by atoms with Crippen molar-refractivity contribution in [2.45, 2.75) is 58.7 Å². The lowest BCUT2D eigenvalue weighted by molar-refractivity contribution is -0.132. The fourth-order valence-electron chi connectivity index (χ4n) is 2.13. The van der Waals surface area contributed by atoms with Gasteiger partial charge in [-0.05, 0) is 25.7 Å². The van der Waals surface area contributed by atoms with Gasteiger partial charge in [0.25, 0.3) is 5.91 Å². The molecule has 0 aliphatic carbocycles. The van der Waals surface area contributed by atoms with E-state index in [1.807, 2.05) is 13.8 Å². The molecule has 0 saturated carbocycles. The summed E-state index contributed by atoms with van der Waals surface area (Å²) in [5, 5.41) is 17.9. The summed E-state index contributed by atoms with van der Waals surface area (Å²) in [5.74, 6) is -0.743. The van der Waals surface area contributed by atoms with Crippen LogP contribution in [0.25, 0.3) is 0 Å². The number of nitrogens with one attached hydrogen (secondary N) is 3. The average molecular weight is 344 g/mol. The zero-order chi connectivity index (χ0) is 18.9. The van der Waals surface area contributed by atoms with E-state index in [0.717, 1.165) is 0 Å². The number of nitrogens with zero attached hydrogens (tertiary/aromatic N) is 1. The number of amides is 4. The molecule has 3 atom stereocenters. The van der Waals surface area contributed by atoms with Crippen molar-refractivity contribution in [1.29, 1.82) is 0 Å². The Morgan fingerprint density at radius 1 is 1.04 bits per heavy atom. The van der Waals surface area contributed by atoms with Crippen LogP contribution in [0.1, 0.15) is 40.5 Å². The predicted octanol–water partition coefficient (Wildman–Crippen LogP) is 0.0641. The molecule has 4 N–H and O–H groups in total. The fourth-order valence-corrected chi connectivity index (χ4v) is 2.13. The van der Waals surface area contributed by atoms with Crippen molar-refractivity contribution in [2.75, 3.05) is 20.6 Å². The van der Waals surface area contributed by atoms with E-state index in [9.17, 15) is 19.5 Å². The second kappa shape index (κ2) is 10.9. The van der Waals surface area contributed by atoms with E-state index < -0.39 is 30.0 Å². The smallest absolute Gasteiger partial charge is 0.317 e. The van der Waals surface area contributed by atoms with Gasteiger partial charge in [0.05, 0.1) is 6.04 Å². The van der Waals surface area contributed by atoms with E-state index in [1.165, 1.54) is 4.90 Å². The van der Waals surface area contributed by atoms with Crippen molar-refractivity contribution >= 4 is 17.8 Å². The molecule has 0 aromatic rings. The van der Waals surface area contributed by atoms with E-state index in [-0.39, 0.29) is 11.9 Å². The second-order valence-corrected chi connectivity index (χ2v) is 6.39. The Labute approximate surface area is 144 Å². The largest absolute Gasteiger partial charge is 0.381 e. The van der Waals surface area contributed by atoms with Gasteiger partial charge in [-0.1, -0.05) is 20.8 Å². The molecule has 0 aromatic heterocycles. The first kappa shape index (κ1) is 22.2. The topological polar surface area (TPSA) is 111 Å². The Bertz CT molecular complexity index is 426. The number of aliphatic hydroxyl groups is 1. The second-order valence-electron chi connectivity index (χ2n) is 6.39. The third-order valence-corrected chi connectivity index (χ3v) is 3.50. The first-order valence-corrected chi connectivity index (χ1v) is 8.37. The number of carbonyl (C=O) groups excluding carboxylic acids is 3. The molecule has 4 amide bonds. The van der Waals surface area contributed by atoms with E-state index in [2.05, 4.69) is 16.0 Å². The van der Waals surface area contributed by atoms with Crippen LogP contribution in [0.15, 0.2) is 0 Å². The van der Waals surface area contributed by atoms with Crippen LogP contribution in [0.3, 0.4) is 0 Å². The van der Waals surface area contributed by atoms with Crippen molar-refractivity contribution < 1.29 is 19.5 Å². The summed E-state index contributed by atoms with van der Waals surface area (Å²) in [5.41, 5.74) is 0. The van der Waals surface area contributed by atoms with E-state index >= 15 is 0 Å². The number of likely N-dealkylation sites (N-methyl/N-ethyl adjacent to an activating group) is 1. The first-order valence-electron chi connectivity index (χ1n) is 8.37. The van der Waals surface area contributed by atoms with Gasteiger partial charge in [-0.2, -0.15) is 0 Å². The minimum atomic E-state index is -1.33. The van der Waals surface area contributed by atoms with Gasteiger partial charge >= 0.3 is 6.03 Å². The fraction of sp³-hybridized carbons (Fsp3) is 0.812. The zero-order valence-corrected chi connectivity index (χ0v) is 15.5. The van der Waals surface area contributed by atoms with Gasteiger partial charge in [0, 0.05) is 20.6 Å². The van der Waals surface area contributed by atoms with Gasteiger partial charge in [0.2, 0.25) is 5.91 Å². The molecule has 0 radical (unpaired) electrons. The van der Waals surface area contributed by atoms with Crippen molar-refractivity contribution in [3.63, 3.8) is 0 Å². The molecule has 24 heavy (non-hydrogen) atoms. The van der Waals surface area contributed by atoms with E-state index in [1.54, 1.807) is 27.9 Å². The molecular formula is C16H32N4O4. The third-order valence-electron chi connectivity index (χ3n) is 3.50. The summed E-state index contributed by atoms with van der Waals surface area (Å²) in [7, 11) is 3.18. The van der Waals surface area contributed by atoms with Gasteiger partial charge in [-0.15, -0.1) is 0 Å². The Kier molecular flexibility index (Phi) is 10.0. The zero-order valence-electron chi connectivity index (χ0n) is 15.5. The summed E-state index contributed by atoms with van der Waals surface area (Å²) in [6.07, 6.45) is -0.484. The van der Waals surface area contributed by atoms with Gasteiger partial charge in [-0.3, -0.25) is 9.59 Å². The number of aliphatic hydroxyl groups excluding tert-OH is 1. The van der Waals surface area contributed by atoms with Crippen LogP contribution in [0, 0.1) is 5.92 Å².